The Morgan fingerprint density at radius 2 is 1.63 bits per heavy atom. The SMILES string of the molecule is CCCCC(CC)COC(=O)C(=CC(=O)O)CC(F)(F)C(F)(F)C(F)(F)F. The standard InChI is InChI=1S/C16H21F7O4/c1-3-5-6-10(4-2)9-27-13(26)11(7-12(24)25)8-14(17,18)15(19,20)16(21,22)23/h7,10H,3-6,8-9H2,1-2H3,(H,24,25). The van der Waals surface area contributed by atoms with E-state index in [2.05, 4.69) is 4.74 Å². The number of alkyl halides is 7. The van der Waals surface area contributed by atoms with Crippen molar-refractivity contribution in [1.29, 1.82) is 0 Å². The molecule has 0 aromatic rings. The predicted molar refractivity (Wildman–Crippen MR) is 80.5 cm³/mol. The number of carbonyl (C=O) groups is 2. The Kier molecular flexibility index (Phi) is 9.27. The number of unbranched alkanes of at least 4 members (excludes halogenated alkanes) is 1. The van der Waals surface area contributed by atoms with E-state index < -0.39 is 42.0 Å². The van der Waals surface area contributed by atoms with Gasteiger partial charge < -0.3 is 9.84 Å². The third kappa shape index (κ3) is 7.37. The van der Waals surface area contributed by atoms with Crippen LogP contribution in [0.25, 0.3) is 0 Å². The van der Waals surface area contributed by atoms with E-state index in [1.54, 1.807) is 6.92 Å². The summed E-state index contributed by atoms with van der Waals surface area (Å²) in [5, 5.41) is 8.59. The Hall–Kier alpha value is -1.81. The lowest BCUT2D eigenvalue weighted by Crippen LogP contribution is -2.52. The number of halogens is 7. The highest BCUT2D eigenvalue weighted by molar-refractivity contribution is 5.95. The van der Waals surface area contributed by atoms with Crippen LogP contribution in [0.15, 0.2) is 11.6 Å². The molecular formula is C16H21F7O4. The van der Waals surface area contributed by atoms with E-state index in [0.717, 1.165) is 12.8 Å². The number of rotatable bonds is 11. The summed E-state index contributed by atoms with van der Waals surface area (Å²) in [6.07, 6.45) is -6.43. The maximum absolute atomic E-state index is 13.5. The quantitative estimate of drug-likeness (QED) is 0.297. The molecule has 0 aromatic heterocycles. The molecule has 0 aromatic carbocycles. The van der Waals surface area contributed by atoms with Crippen LogP contribution in [0.5, 0.6) is 0 Å². The van der Waals surface area contributed by atoms with Crippen LogP contribution < -0.4 is 0 Å². The topological polar surface area (TPSA) is 63.6 Å². The Morgan fingerprint density at radius 1 is 1.07 bits per heavy atom. The molecule has 0 spiro atoms. The van der Waals surface area contributed by atoms with Crippen molar-refractivity contribution in [3.05, 3.63) is 11.6 Å². The van der Waals surface area contributed by atoms with Gasteiger partial charge >= 0.3 is 30.0 Å². The number of aliphatic carboxylic acids is 1. The summed E-state index contributed by atoms with van der Waals surface area (Å²) in [5.41, 5.74) is -1.48. The minimum absolute atomic E-state index is 0.157. The van der Waals surface area contributed by atoms with Crippen LogP contribution in [0.2, 0.25) is 0 Å². The molecule has 0 saturated heterocycles. The molecule has 0 amide bonds. The smallest absolute Gasteiger partial charge is 0.459 e. The van der Waals surface area contributed by atoms with Gasteiger partial charge in [0.2, 0.25) is 0 Å². The third-order valence-corrected chi connectivity index (χ3v) is 3.78. The number of ether oxygens (including phenoxy) is 1. The van der Waals surface area contributed by atoms with E-state index in [-0.39, 0.29) is 18.6 Å². The van der Waals surface area contributed by atoms with E-state index in [1.165, 1.54) is 0 Å². The molecule has 158 valence electrons. The van der Waals surface area contributed by atoms with Gasteiger partial charge in [0, 0.05) is 6.08 Å². The molecule has 1 N–H and O–H groups in total. The summed E-state index contributed by atoms with van der Waals surface area (Å²) >= 11 is 0. The van der Waals surface area contributed by atoms with Crippen LogP contribution in [0.1, 0.15) is 46.0 Å². The van der Waals surface area contributed by atoms with Gasteiger partial charge in [-0.2, -0.15) is 30.7 Å². The second kappa shape index (κ2) is 9.93. The number of carboxylic acids is 1. The Morgan fingerprint density at radius 3 is 2.04 bits per heavy atom. The number of esters is 1. The molecule has 0 radical (unpaired) electrons. The Labute approximate surface area is 151 Å². The zero-order chi connectivity index (χ0) is 21.5. The van der Waals surface area contributed by atoms with Crippen molar-refractivity contribution < 1.29 is 50.2 Å². The number of carboxylic acid groups (broad SMARTS) is 1. The van der Waals surface area contributed by atoms with Crippen LogP contribution in [-0.4, -0.2) is 41.7 Å². The van der Waals surface area contributed by atoms with E-state index in [0.29, 0.717) is 12.8 Å². The lowest BCUT2D eigenvalue weighted by molar-refractivity contribution is -0.353. The second-order valence-electron chi connectivity index (χ2n) is 5.98. The number of hydrogen-bond donors (Lipinski definition) is 1. The van der Waals surface area contributed by atoms with Gasteiger partial charge in [-0.05, 0) is 12.3 Å². The van der Waals surface area contributed by atoms with Crippen molar-refractivity contribution in [2.45, 2.75) is 64.0 Å². The normalized spacial score (nSPS) is 14.8. The molecule has 0 rings (SSSR count). The van der Waals surface area contributed by atoms with Crippen molar-refractivity contribution >= 4 is 11.9 Å². The first-order valence-corrected chi connectivity index (χ1v) is 8.12. The first kappa shape index (κ1) is 25.2. The van der Waals surface area contributed by atoms with Gasteiger partial charge in [-0.25, -0.2) is 9.59 Å². The summed E-state index contributed by atoms with van der Waals surface area (Å²) in [6, 6.07) is 0. The van der Waals surface area contributed by atoms with E-state index >= 15 is 0 Å². The van der Waals surface area contributed by atoms with Gasteiger partial charge in [-0.1, -0.05) is 33.1 Å². The molecule has 4 nitrogen and oxygen atoms in total. The molecule has 0 heterocycles. The molecular weight excluding hydrogens is 389 g/mol. The fourth-order valence-electron chi connectivity index (χ4n) is 2.07. The van der Waals surface area contributed by atoms with Gasteiger partial charge in [0.05, 0.1) is 18.6 Å². The zero-order valence-corrected chi connectivity index (χ0v) is 14.7. The lowest BCUT2D eigenvalue weighted by Gasteiger charge is -2.28. The molecule has 0 bridgehead atoms. The molecule has 0 saturated carbocycles. The van der Waals surface area contributed by atoms with Crippen molar-refractivity contribution in [1.82, 2.24) is 0 Å². The van der Waals surface area contributed by atoms with Crippen LogP contribution in [0, 0.1) is 5.92 Å². The predicted octanol–water partition coefficient (Wildman–Crippen LogP) is 4.98. The lowest BCUT2D eigenvalue weighted by atomic mass is 10.00. The zero-order valence-electron chi connectivity index (χ0n) is 14.7. The highest BCUT2D eigenvalue weighted by atomic mass is 19.4. The van der Waals surface area contributed by atoms with E-state index in [4.69, 9.17) is 5.11 Å². The van der Waals surface area contributed by atoms with Crippen molar-refractivity contribution in [2.24, 2.45) is 5.92 Å². The first-order valence-electron chi connectivity index (χ1n) is 8.12. The van der Waals surface area contributed by atoms with Gasteiger partial charge in [0.25, 0.3) is 0 Å². The minimum Gasteiger partial charge on any atom is -0.478 e. The summed E-state index contributed by atoms with van der Waals surface area (Å²) in [6.45, 7) is 3.35. The maximum atomic E-state index is 13.5. The van der Waals surface area contributed by atoms with Gasteiger partial charge in [0.1, 0.15) is 0 Å². The van der Waals surface area contributed by atoms with Crippen LogP contribution in [0.3, 0.4) is 0 Å². The highest BCUT2D eigenvalue weighted by Crippen LogP contribution is 2.49. The fraction of sp³-hybridized carbons (Fsp3) is 0.750. The van der Waals surface area contributed by atoms with Gasteiger partial charge in [-0.15, -0.1) is 0 Å². The van der Waals surface area contributed by atoms with Crippen molar-refractivity contribution in [3.8, 4) is 0 Å². The van der Waals surface area contributed by atoms with Crippen molar-refractivity contribution in [3.63, 3.8) is 0 Å². The molecule has 0 aliphatic carbocycles. The maximum Gasteiger partial charge on any atom is 0.459 e. The van der Waals surface area contributed by atoms with Crippen LogP contribution in [-0.2, 0) is 14.3 Å². The van der Waals surface area contributed by atoms with Gasteiger partial charge in [-0.3, -0.25) is 0 Å². The van der Waals surface area contributed by atoms with E-state index in [9.17, 15) is 40.3 Å². The van der Waals surface area contributed by atoms with Crippen molar-refractivity contribution in [2.75, 3.05) is 6.61 Å². The Bertz CT molecular complexity index is 541. The molecule has 0 aliphatic heterocycles. The molecule has 0 aliphatic rings. The average Bonchev–Trinajstić information content (AvgIpc) is 2.52. The minimum atomic E-state index is -6.58. The second-order valence-corrected chi connectivity index (χ2v) is 5.98. The van der Waals surface area contributed by atoms with E-state index in [1.807, 2.05) is 6.92 Å². The fourth-order valence-corrected chi connectivity index (χ4v) is 2.07. The molecule has 27 heavy (non-hydrogen) atoms. The summed E-state index contributed by atoms with van der Waals surface area (Å²) in [7, 11) is 0. The summed E-state index contributed by atoms with van der Waals surface area (Å²) < 4.78 is 94.1. The third-order valence-electron chi connectivity index (χ3n) is 3.78. The Balaban J connectivity index is 5.35. The summed E-state index contributed by atoms with van der Waals surface area (Å²) in [5.74, 6) is -16.0. The highest BCUT2D eigenvalue weighted by Gasteiger charge is 2.72. The number of hydrogen-bond acceptors (Lipinski definition) is 3. The summed E-state index contributed by atoms with van der Waals surface area (Å²) in [4.78, 5) is 22.5. The van der Waals surface area contributed by atoms with Crippen LogP contribution >= 0.6 is 0 Å². The first-order chi connectivity index (χ1) is 12.2. The molecule has 1 atom stereocenters. The molecule has 11 heteroatoms. The monoisotopic (exact) mass is 410 g/mol. The van der Waals surface area contributed by atoms with Crippen LogP contribution in [0.4, 0.5) is 30.7 Å². The largest absolute Gasteiger partial charge is 0.478 e. The molecule has 1 unspecified atom stereocenters. The average molecular weight is 410 g/mol. The number of carbonyl (C=O) groups excluding carboxylic acids is 1. The van der Waals surface area contributed by atoms with Gasteiger partial charge in [0.15, 0.2) is 0 Å². The molecule has 0 fully saturated rings.